The van der Waals surface area contributed by atoms with E-state index in [2.05, 4.69) is 12.2 Å². The van der Waals surface area contributed by atoms with Crippen LogP contribution in [0.1, 0.15) is 52.4 Å². The molecule has 2 saturated heterocycles. The number of alkyl halides is 1. The largest absolute Gasteiger partial charge is 0.394 e. The van der Waals surface area contributed by atoms with Gasteiger partial charge in [0.1, 0.15) is 49.3 Å². The number of unbranched alkanes of at least 4 members (excludes halogenated alkanes) is 5. The molecule has 2 heterocycles. The van der Waals surface area contributed by atoms with Crippen molar-refractivity contribution >= 4 is 5.91 Å². The molecular weight excluding hydrogens is 473 g/mol. The Morgan fingerprint density at radius 1 is 0.971 bits per heavy atom. The third-order valence-corrected chi connectivity index (χ3v) is 6.20. The maximum absolute atomic E-state index is 15.7. The number of hydrogen-bond donors (Lipinski definition) is 7. The van der Waals surface area contributed by atoms with Crippen molar-refractivity contribution < 1.29 is 58.8 Å². The number of halogens is 1. The van der Waals surface area contributed by atoms with Crippen molar-refractivity contribution in [3.8, 4) is 0 Å². The predicted octanol–water partition coefficient (Wildman–Crippen LogP) is -1.57. The summed E-state index contributed by atoms with van der Waals surface area (Å²) in [5, 5.41) is 62.5. The van der Waals surface area contributed by atoms with Gasteiger partial charge in [-0.1, -0.05) is 39.0 Å². The van der Waals surface area contributed by atoms with Gasteiger partial charge >= 0.3 is 0 Å². The van der Waals surface area contributed by atoms with E-state index in [1.54, 1.807) is 0 Å². The van der Waals surface area contributed by atoms with E-state index < -0.39 is 80.2 Å². The number of aliphatic hydroxyl groups is 6. The lowest BCUT2D eigenvalue weighted by atomic mass is 9.94. The Labute approximate surface area is 203 Å². The SMILES string of the molecule is CCCCCCCCO[C@@H]1O[C@](F)(CO)[C@@H](O[C@@H]2O[C@H](CO)[C@H](O)[C@H](O)[C@H]2O)[C@H](O)[C@H]1NC(C)=O. The average Bonchev–Trinajstić information content (AvgIpc) is 2.83. The van der Waals surface area contributed by atoms with E-state index in [1.807, 2.05) is 0 Å². The number of carbonyl (C=O) groups excluding carboxylic acids is 1. The van der Waals surface area contributed by atoms with Crippen LogP contribution in [0, 0.1) is 0 Å². The van der Waals surface area contributed by atoms with E-state index in [4.69, 9.17) is 18.9 Å². The van der Waals surface area contributed by atoms with Crippen molar-refractivity contribution in [3.05, 3.63) is 0 Å². The molecule has 7 N–H and O–H groups in total. The first-order valence-electron chi connectivity index (χ1n) is 12.1. The zero-order valence-electron chi connectivity index (χ0n) is 20.2. The van der Waals surface area contributed by atoms with Crippen LogP contribution in [-0.4, -0.2) is 117 Å². The van der Waals surface area contributed by atoms with Crippen molar-refractivity contribution in [2.45, 2.75) is 113 Å². The van der Waals surface area contributed by atoms with Gasteiger partial charge in [-0.05, 0) is 6.42 Å². The summed E-state index contributed by atoms with van der Waals surface area (Å²) in [5.74, 6) is -3.62. The van der Waals surface area contributed by atoms with Crippen molar-refractivity contribution in [1.29, 1.82) is 0 Å². The van der Waals surface area contributed by atoms with Gasteiger partial charge in [-0.3, -0.25) is 4.79 Å². The maximum atomic E-state index is 15.7. The molecule has 0 radical (unpaired) electrons. The van der Waals surface area contributed by atoms with E-state index in [-0.39, 0.29) is 6.61 Å². The molecule has 10 atom stereocenters. The number of ether oxygens (including phenoxy) is 4. The number of carbonyl (C=O) groups is 1. The van der Waals surface area contributed by atoms with Crippen LogP contribution in [0.2, 0.25) is 0 Å². The van der Waals surface area contributed by atoms with Crippen molar-refractivity contribution in [2.75, 3.05) is 19.8 Å². The molecule has 12 nitrogen and oxygen atoms in total. The van der Waals surface area contributed by atoms with Crippen LogP contribution >= 0.6 is 0 Å². The van der Waals surface area contributed by atoms with Gasteiger partial charge in [-0.15, -0.1) is 0 Å². The normalized spacial score (nSPS) is 40.0. The lowest BCUT2D eigenvalue weighted by Crippen LogP contribution is -2.71. The summed E-state index contributed by atoms with van der Waals surface area (Å²) in [6.07, 6.45) is -8.03. The summed E-state index contributed by atoms with van der Waals surface area (Å²) in [5.41, 5.74) is 0. The Hall–Kier alpha value is -1.00. The van der Waals surface area contributed by atoms with Crippen LogP contribution in [0.5, 0.6) is 0 Å². The highest BCUT2D eigenvalue weighted by molar-refractivity contribution is 5.73. The molecule has 35 heavy (non-hydrogen) atoms. The van der Waals surface area contributed by atoms with Gasteiger partial charge in [0.2, 0.25) is 5.91 Å². The highest BCUT2D eigenvalue weighted by atomic mass is 19.2. The summed E-state index contributed by atoms with van der Waals surface area (Å²) in [7, 11) is 0. The topological polar surface area (TPSA) is 187 Å². The number of aliphatic hydroxyl groups excluding tert-OH is 6. The number of rotatable bonds is 13. The zero-order chi connectivity index (χ0) is 26.2. The number of nitrogens with one attached hydrogen (secondary N) is 1. The van der Waals surface area contributed by atoms with E-state index in [9.17, 15) is 35.4 Å². The Morgan fingerprint density at radius 2 is 1.63 bits per heavy atom. The minimum atomic E-state index is -3.04. The van der Waals surface area contributed by atoms with Gasteiger partial charge in [-0.2, -0.15) is 0 Å². The quantitative estimate of drug-likeness (QED) is 0.141. The molecule has 0 unspecified atom stereocenters. The fraction of sp³-hybridized carbons (Fsp3) is 0.955. The monoisotopic (exact) mass is 513 g/mol. The Kier molecular flexibility index (Phi) is 12.2. The number of hydrogen-bond acceptors (Lipinski definition) is 11. The molecule has 2 aliphatic rings. The second-order valence-corrected chi connectivity index (χ2v) is 9.04. The fourth-order valence-corrected chi connectivity index (χ4v) is 4.18. The van der Waals surface area contributed by atoms with Crippen LogP contribution in [0.15, 0.2) is 0 Å². The Morgan fingerprint density at radius 3 is 2.23 bits per heavy atom. The first-order chi connectivity index (χ1) is 16.6. The molecule has 13 heteroatoms. The summed E-state index contributed by atoms with van der Waals surface area (Å²) >= 11 is 0. The first-order valence-corrected chi connectivity index (χ1v) is 12.1. The van der Waals surface area contributed by atoms with Gasteiger partial charge in [0.05, 0.1) is 6.61 Å². The molecule has 2 rings (SSSR count). The highest BCUT2D eigenvalue weighted by Gasteiger charge is 2.59. The minimum absolute atomic E-state index is 0.152. The van der Waals surface area contributed by atoms with E-state index in [1.165, 1.54) is 6.92 Å². The van der Waals surface area contributed by atoms with Crippen LogP contribution in [0.3, 0.4) is 0 Å². The first kappa shape index (κ1) is 30.2. The molecule has 0 aliphatic carbocycles. The molecule has 0 aromatic heterocycles. The maximum Gasteiger partial charge on any atom is 0.263 e. The molecule has 0 spiro atoms. The van der Waals surface area contributed by atoms with Crippen molar-refractivity contribution in [2.24, 2.45) is 0 Å². The number of amides is 1. The van der Waals surface area contributed by atoms with Gasteiger partial charge in [-0.25, -0.2) is 4.39 Å². The second kappa shape index (κ2) is 14.1. The summed E-state index contributed by atoms with van der Waals surface area (Å²) in [6, 6.07) is -1.31. The molecule has 0 aromatic carbocycles. The Balaban J connectivity index is 2.13. The fourth-order valence-electron chi connectivity index (χ4n) is 4.18. The van der Waals surface area contributed by atoms with Crippen LogP contribution < -0.4 is 5.32 Å². The molecule has 0 aromatic rings. The standard InChI is InChI=1S/C22H40FNO11/c1-3-4-5-6-7-8-9-32-20-14(24-12(2)27)16(29)19(22(23,11-26)35-20)34-21-18(31)17(30)15(28)13(10-25)33-21/h13-21,25-26,28-31H,3-11H2,1-2H3,(H,24,27)/t13-,14-,15+,16-,17+,18-,19+,20-,21+,22-/m1/s1. The predicted molar refractivity (Wildman–Crippen MR) is 117 cm³/mol. The lowest BCUT2D eigenvalue weighted by Gasteiger charge is -2.49. The van der Waals surface area contributed by atoms with Crippen LogP contribution in [0.25, 0.3) is 0 Å². The highest BCUT2D eigenvalue weighted by Crippen LogP contribution is 2.36. The zero-order valence-corrected chi connectivity index (χ0v) is 20.2. The van der Waals surface area contributed by atoms with Gasteiger partial charge < -0.3 is 54.9 Å². The molecular formula is C22H40FNO11. The summed E-state index contributed by atoms with van der Waals surface area (Å²) in [6.45, 7) is 1.40. The van der Waals surface area contributed by atoms with Gasteiger partial charge in [0, 0.05) is 13.5 Å². The molecule has 1 amide bonds. The second-order valence-electron chi connectivity index (χ2n) is 9.04. The smallest absolute Gasteiger partial charge is 0.263 e. The molecule has 0 bridgehead atoms. The lowest BCUT2D eigenvalue weighted by molar-refractivity contribution is -0.395. The Bertz CT molecular complexity index is 645. The molecule has 2 aliphatic heterocycles. The summed E-state index contributed by atoms with van der Waals surface area (Å²) < 4.78 is 37.2. The molecule has 2 fully saturated rings. The van der Waals surface area contributed by atoms with E-state index in [0.717, 1.165) is 32.1 Å². The van der Waals surface area contributed by atoms with Gasteiger partial charge in [0.15, 0.2) is 12.6 Å². The summed E-state index contributed by atoms with van der Waals surface area (Å²) in [4.78, 5) is 11.7. The van der Waals surface area contributed by atoms with E-state index in [0.29, 0.717) is 6.42 Å². The average molecular weight is 514 g/mol. The minimum Gasteiger partial charge on any atom is -0.394 e. The van der Waals surface area contributed by atoms with Crippen molar-refractivity contribution in [1.82, 2.24) is 5.32 Å². The van der Waals surface area contributed by atoms with Gasteiger partial charge in [0.25, 0.3) is 5.85 Å². The van der Waals surface area contributed by atoms with Crippen molar-refractivity contribution in [3.63, 3.8) is 0 Å². The van der Waals surface area contributed by atoms with Crippen LogP contribution in [-0.2, 0) is 23.7 Å². The molecule has 0 saturated carbocycles. The van der Waals surface area contributed by atoms with Crippen LogP contribution in [0.4, 0.5) is 4.39 Å². The third-order valence-electron chi connectivity index (χ3n) is 6.20. The van der Waals surface area contributed by atoms with E-state index >= 15 is 4.39 Å². The third kappa shape index (κ3) is 7.74. The molecule has 206 valence electrons.